The van der Waals surface area contributed by atoms with E-state index in [1.165, 1.54) is 18.2 Å². The zero-order valence-electron chi connectivity index (χ0n) is 11.3. The maximum atomic E-state index is 14.7. The van der Waals surface area contributed by atoms with Crippen molar-refractivity contribution in [1.82, 2.24) is 0 Å². The number of allylic oxidation sites excluding steroid dienone is 3. The third kappa shape index (κ3) is 3.44. The van der Waals surface area contributed by atoms with Gasteiger partial charge in [-0.15, -0.1) is 0 Å². The molecule has 3 N–H and O–H groups in total. The number of ketones is 1. The largest absolute Gasteiger partial charge is 0.480 e. The molecule has 2 rings (SSSR count). The van der Waals surface area contributed by atoms with Gasteiger partial charge in [-0.2, -0.15) is 0 Å². The number of hydrogen-bond donors (Lipinski definition) is 2. The number of hydrogen-bond acceptors (Lipinski definition) is 3. The van der Waals surface area contributed by atoms with E-state index in [0.29, 0.717) is 11.1 Å². The van der Waals surface area contributed by atoms with Gasteiger partial charge in [0.05, 0.1) is 0 Å². The van der Waals surface area contributed by atoms with Gasteiger partial charge in [0.1, 0.15) is 6.04 Å². The molecular weight excluding hydrogens is 273 g/mol. The van der Waals surface area contributed by atoms with E-state index in [1.807, 2.05) is 0 Å². The molecule has 1 aliphatic rings. The molecule has 4 nitrogen and oxygen atoms in total. The second-order valence-electron chi connectivity index (χ2n) is 5.02. The van der Waals surface area contributed by atoms with Crippen LogP contribution in [0.25, 0.3) is 0 Å². The first-order valence-corrected chi connectivity index (χ1v) is 6.58. The van der Waals surface area contributed by atoms with Gasteiger partial charge in [0.2, 0.25) is 5.78 Å². The lowest BCUT2D eigenvalue weighted by Crippen LogP contribution is -2.34. The van der Waals surface area contributed by atoms with Crippen LogP contribution in [0.4, 0.5) is 4.39 Å². The molecule has 0 saturated heterocycles. The summed E-state index contributed by atoms with van der Waals surface area (Å²) in [6, 6.07) is 7.21. The van der Waals surface area contributed by atoms with Crippen LogP contribution in [0.5, 0.6) is 0 Å². The fourth-order valence-electron chi connectivity index (χ4n) is 2.15. The van der Waals surface area contributed by atoms with Gasteiger partial charge >= 0.3 is 5.97 Å². The van der Waals surface area contributed by atoms with Gasteiger partial charge in [0, 0.05) is 12.0 Å². The number of nitrogens with two attached hydrogens (primary N) is 1. The molecule has 1 aromatic rings. The quantitative estimate of drug-likeness (QED) is 0.815. The first kappa shape index (κ1) is 15.1. The molecule has 0 aliphatic heterocycles. The highest BCUT2D eigenvalue weighted by Gasteiger charge is 2.37. The van der Waals surface area contributed by atoms with Gasteiger partial charge in [0.15, 0.2) is 5.67 Å². The molecule has 0 bridgehead atoms. The Kier molecular flexibility index (Phi) is 4.33. The molecule has 1 aromatic carbocycles. The van der Waals surface area contributed by atoms with E-state index in [9.17, 15) is 14.0 Å². The van der Waals surface area contributed by atoms with Crippen LogP contribution in [-0.4, -0.2) is 28.6 Å². The number of carbonyl (C=O) groups is 2. The van der Waals surface area contributed by atoms with Gasteiger partial charge in [-0.1, -0.05) is 42.5 Å². The lowest BCUT2D eigenvalue weighted by Gasteiger charge is -2.23. The van der Waals surface area contributed by atoms with E-state index in [2.05, 4.69) is 0 Å². The molecule has 0 radical (unpaired) electrons. The molecule has 1 unspecified atom stereocenters. The average Bonchev–Trinajstić information content (AvgIpc) is 2.49. The molecule has 110 valence electrons. The van der Waals surface area contributed by atoms with Crippen LogP contribution < -0.4 is 5.73 Å². The molecule has 0 fully saturated rings. The van der Waals surface area contributed by atoms with E-state index >= 15 is 0 Å². The van der Waals surface area contributed by atoms with Crippen molar-refractivity contribution in [1.29, 1.82) is 0 Å². The Morgan fingerprint density at radius 2 is 2.00 bits per heavy atom. The first-order valence-electron chi connectivity index (χ1n) is 6.58. The fraction of sp³-hybridized carbons (Fsp3) is 0.250. The Balaban J connectivity index is 2.09. The number of alkyl halides is 1. The molecule has 0 amide bonds. The summed E-state index contributed by atoms with van der Waals surface area (Å²) < 4.78 is 14.7. The zero-order valence-corrected chi connectivity index (χ0v) is 11.3. The van der Waals surface area contributed by atoms with Crippen LogP contribution in [-0.2, 0) is 4.79 Å². The van der Waals surface area contributed by atoms with Crippen LogP contribution >= 0.6 is 0 Å². The molecule has 0 spiro atoms. The minimum absolute atomic E-state index is 0.112. The summed E-state index contributed by atoms with van der Waals surface area (Å²) in [4.78, 5) is 22.9. The molecule has 5 heteroatoms. The summed E-state index contributed by atoms with van der Waals surface area (Å²) in [6.07, 6.45) is 4.16. The number of carboxylic acid groups (broad SMARTS) is 1. The molecular formula is C16H16FNO3. The van der Waals surface area contributed by atoms with E-state index in [1.54, 1.807) is 30.3 Å². The summed E-state index contributed by atoms with van der Waals surface area (Å²) in [5.74, 6) is -1.71. The normalized spacial score (nSPS) is 22.5. The number of carbonyl (C=O) groups excluding carboxylic acids is 1. The summed E-state index contributed by atoms with van der Waals surface area (Å²) in [6.45, 7) is 0. The third-order valence-electron chi connectivity index (χ3n) is 3.41. The lowest BCUT2D eigenvalue weighted by molar-refractivity contribution is -0.138. The Morgan fingerprint density at radius 1 is 1.33 bits per heavy atom. The second-order valence-corrected chi connectivity index (χ2v) is 5.02. The van der Waals surface area contributed by atoms with E-state index in [0.717, 1.165) is 0 Å². The predicted octanol–water partition coefficient (Wildman–Crippen LogP) is 2.27. The summed E-state index contributed by atoms with van der Waals surface area (Å²) in [5, 5.41) is 8.75. The number of Topliss-reactive ketones (excluding diaryl/α,β-unsaturated/α-hetero) is 1. The second kappa shape index (κ2) is 6.01. The number of aliphatic carboxylic acids is 1. The lowest BCUT2D eigenvalue weighted by atomic mass is 9.85. The van der Waals surface area contributed by atoms with Crippen molar-refractivity contribution in [2.75, 3.05) is 0 Å². The maximum absolute atomic E-state index is 14.7. The van der Waals surface area contributed by atoms with E-state index in [-0.39, 0.29) is 12.8 Å². The third-order valence-corrected chi connectivity index (χ3v) is 3.41. The van der Waals surface area contributed by atoms with Crippen molar-refractivity contribution in [3.63, 3.8) is 0 Å². The van der Waals surface area contributed by atoms with Gasteiger partial charge in [-0.25, -0.2) is 4.39 Å². The maximum Gasteiger partial charge on any atom is 0.320 e. The van der Waals surface area contributed by atoms with Gasteiger partial charge in [0.25, 0.3) is 0 Å². The molecule has 0 heterocycles. The van der Waals surface area contributed by atoms with Crippen LogP contribution in [0, 0.1) is 0 Å². The van der Waals surface area contributed by atoms with Crippen molar-refractivity contribution >= 4 is 11.8 Å². The van der Waals surface area contributed by atoms with Crippen LogP contribution in [0.2, 0.25) is 0 Å². The van der Waals surface area contributed by atoms with Crippen molar-refractivity contribution in [3.05, 3.63) is 59.7 Å². The zero-order chi connectivity index (χ0) is 15.5. The first-order chi connectivity index (χ1) is 9.92. The van der Waals surface area contributed by atoms with Crippen molar-refractivity contribution in [2.45, 2.75) is 24.6 Å². The summed E-state index contributed by atoms with van der Waals surface area (Å²) >= 11 is 0. The Morgan fingerprint density at radius 3 is 2.52 bits per heavy atom. The standard InChI is InChI=1S/C16H16FNO3/c17-16(14(19)12-4-2-1-3-5-12)8-6-11(7-9-16)10-13(18)15(20)21/h1-8,13H,9-10,18H2,(H,20,21)/t13-,16?/m0/s1. The Bertz CT molecular complexity index is 609. The van der Waals surface area contributed by atoms with Crippen LogP contribution in [0.15, 0.2) is 54.1 Å². The molecule has 1 aliphatic carbocycles. The van der Waals surface area contributed by atoms with E-state index < -0.39 is 23.5 Å². The fourth-order valence-corrected chi connectivity index (χ4v) is 2.15. The summed E-state index contributed by atoms with van der Waals surface area (Å²) in [7, 11) is 0. The highest BCUT2D eigenvalue weighted by atomic mass is 19.1. The van der Waals surface area contributed by atoms with Gasteiger partial charge < -0.3 is 10.8 Å². The smallest absolute Gasteiger partial charge is 0.320 e. The summed E-state index contributed by atoms with van der Waals surface area (Å²) in [5.41, 5.74) is 4.28. The average molecular weight is 289 g/mol. The molecule has 21 heavy (non-hydrogen) atoms. The SMILES string of the molecule is N[C@@H](CC1=CCC(F)(C(=O)c2ccccc2)C=C1)C(=O)O. The van der Waals surface area contributed by atoms with Gasteiger partial charge in [-0.3, -0.25) is 9.59 Å². The predicted molar refractivity (Wildman–Crippen MR) is 76.7 cm³/mol. The Hall–Kier alpha value is -2.27. The highest BCUT2D eigenvalue weighted by Crippen LogP contribution is 2.30. The number of halogens is 1. The molecule has 0 aromatic heterocycles. The molecule has 2 atom stereocenters. The monoisotopic (exact) mass is 289 g/mol. The van der Waals surface area contributed by atoms with E-state index in [4.69, 9.17) is 10.8 Å². The highest BCUT2D eigenvalue weighted by molar-refractivity contribution is 6.04. The van der Waals surface area contributed by atoms with Crippen LogP contribution in [0.1, 0.15) is 23.2 Å². The van der Waals surface area contributed by atoms with Crippen molar-refractivity contribution in [2.24, 2.45) is 5.73 Å². The molecule has 0 saturated carbocycles. The minimum Gasteiger partial charge on any atom is -0.480 e. The number of benzene rings is 1. The van der Waals surface area contributed by atoms with Crippen molar-refractivity contribution in [3.8, 4) is 0 Å². The topological polar surface area (TPSA) is 80.4 Å². The minimum atomic E-state index is -2.09. The van der Waals surface area contributed by atoms with Crippen molar-refractivity contribution < 1.29 is 19.1 Å². The van der Waals surface area contributed by atoms with Gasteiger partial charge in [-0.05, 0) is 18.1 Å². The Labute approximate surface area is 121 Å². The number of carboxylic acids is 1. The van der Waals surface area contributed by atoms with Crippen LogP contribution in [0.3, 0.4) is 0 Å². The number of rotatable bonds is 5.